The molecule has 5 nitrogen and oxygen atoms in total. The highest BCUT2D eigenvalue weighted by Gasteiger charge is 2.12. The molecule has 1 aromatic heterocycles. The van der Waals surface area contributed by atoms with Gasteiger partial charge in [0.2, 0.25) is 5.91 Å². The van der Waals surface area contributed by atoms with E-state index in [2.05, 4.69) is 10.1 Å². The fourth-order valence-corrected chi connectivity index (χ4v) is 2.40. The number of carbonyl (C=O) groups is 1. The lowest BCUT2D eigenvalue weighted by molar-refractivity contribution is -0.127. The molecule has 2 aromatic rings. The molecule has 0 unspecified atom stereocenters. The molecule has 0 radical (unpaired) electrons. The second kappa shape index (κ2) is 6.38. The quantitative estimate of drug-likeness (QED) is 0.778. The fourth-order valence-electron chi connectivity index (χ4n) is 1.54. The van der Waals surface area contributed by atoms with Crippen LogP contribution in [0.4, 0.5) is 0 Å². The van der Waals surface area contributed by atoms with Crippen molar-refractivity contribution in [1.29, 1.82) is 0 Å². The van der Waals surface area contributed by atoms with Crippen molar-refractivity contribution in [2.45, 2.75) is 11.4 Å². The molecular weight excluding hydrogens is 260 g/mol. The Morgan fingerprint density at radius 1 is 1.37 bits per heavy atom. The Labute approximate surface area is 116 Å². The summed E-state index contributed by atoms with van der Waals surface area (Å²) in [5.74, 6) is 1.29. The summed E-state index contributed by atoms with van der Waals surface area (Å²) in [5.41, 5.74) is 0. The number of carbonyl (C=O) groups excluding carboxylic acids is 1. The van der Waals surface area contributed by atoms with Gasteiger partial charge in [-0.3, -0.25) is 9.48 Å². The summed E-state index contributed by atoms with van der Waals surface area (Å²) in [6, 6.07) is 9.90. The van der Waals surface area contributed by atoms with Crippen molar-refractivity contribution >= 4 is 17.7 Å². The van der Waals surface area contributed by atoms with E-state index in [9.17, 15) is 4.79 Å². The molecule has 0 saturated carbocycles. The van der Waals surface area contributed by atoms with E-state index in [-0.39, 0.29) is 5.91 Å². The Bertz CT molecular complexity index is 541. The van der Waals surface area contributed by atoms with Gasteiger partial charge in [-0.05, 0) is 12.1 Å². The molecule has 0 bridgehead atoms. The maximum atomic E-state index is 12.0. The Morgan fingerprint density at radius 3 is 2.74 bits per heavy atom. The number of rotatable bonds is 5. The van der Waals surface area contributed by atoms with Crippen LogP contribution in [-0.2, 0) is 18.4 Å². The zero-order valence-electron chi connectivity index (χ0n) is 11.0. The monoisotopic (exact) mass is 276 g/mol. The lowest BCUT2D eigenvalue weighted by Gasteiger charge is -2.16. The van der Waals surface area contributed by atoms with Crippen molar-refractivity contribution in [2.24, 2.45) is 7.05 Å². The summed E-state index contributed by atoms with van der Waals surface area (Å²) in [6.07, 6.45) is 1.49. The van der Waals surface area contributed by atoms with E-state index in [1.807, 2.05) is 37.4 Å². The van der Waals surface area contributed by atoms with Crippen molar-refractivity contribution in [3.8, 4) is 0 Å². The lowest BCUT2D eigenvalue weighted by Crippen LogP contribution is -2.29. The summed E-state index contributed by atoms with van der Waals surface area (Å²) in [5, 5.41) is 3.98. The third kappa shape index (κ3) is 3.82. The van der Waals surface area contributed by atoms with Gasteiger partial charge >= 0.3 is 0 Å². The topological polar surface area (TPSA) is 51.0 Å². The van der Waals surface area contributed by atoms with Crippen LogP contribution in [0.25, 0.3) is 0 Å². The predicted molar refractivity (Wildman–Crippen MR) is 74.6 cm³/mol. The molecule has 0 spiro atoms. The minimum atomic E-state index is 0.0804. The molecule has 0 aliphatic rings. The van der Waals surface area contributed by atoms with E-state index < -0.39 is 0 Å². The molecule has 2 rings (SSSR count). The number of thioether (sulfide) groups is 1. The number of hydrogen-bond acceptors (Lipinski definition) is 4. The van der Waals surface area contributed by atoms with Crippen LogP contribution in [0, 0.1) is 0 Å². The molecule has 0 aliphatic heterocycles. The molecule has 6 heteroatoms. The Hall–Kier alpha value is -1.82. The summed E-state index contributed by atoms with van der Waals surface area (Å²) >= 11 is 1.54. The molecule has 1 amide bonds. The molecule has 19 heavy (non-hydrogen) atoms. The normalized spacial score (nSPS) is 10.4. The second-order valence-corrected chi connectivity index (χ2v) is 5.20. The van der Waals surface area contributed by atoms with E-state index in [0.29, 0.717) is 12.3 Å². The molecular formula is C13H16N4OS. The van der Waals surface area contributed by atoms with Crippen molar-refractivity contribution < 1.29 is 4.79 Å². The second-order valence-electron chi connectivity index (χ2n) is 4.15. The Morgan fingerprint density at radius 2 is 2.11 bits per heavy atom. The van der Waals surface area contributed by atoms with Crippen LogP contribution in [0.5, 0.6) is 0 Å². The number of aryl methyl sites for hydroxylation is 1. The average molecular weight is 276 g/mol. The van der Waals surface area contributed by atoms with Crippen LogP contribution in [0.3, 0.4) is 0 Å². The molecule has 0 atom stereocenters. The number of hydrogen-bond donors (Lipinski definition) is 0. The van der Waals surface area contributed by atoms with Crippen molar-refractivity contribution in [1.82, 2.24) is 19.7 Å². The van der Waals surface area contributed by atoms with Gasteiger partial charge in [-0.2, -0.15) is 5.10 Å². The van der Waals surface area contributed by atoms with Gasteiger partial charge in [0.25, 0.3) is 0 Å². The van der Waals surface area contributed by atoms with Gasteiger partial charge in [0.1, 0.15) is 12.2 Å². The van der Waals surface area contributed by atoms with E-state index in [0.717, 1.165) is 10.7 Å². The van der Waals surface area contributed by atoms with Gasteiger partial charge in [-0.15, -0.1) is 11.8 Å². The van der Waals surface area contributed by atoms with Crippen LogP contribution in [0.1, 0.15) is 5.82 Å². The van der Waals surface area contributed by atoms with Crippen LogP contribution in [-0.4, -0.2) is 38.4 Å². The van der Waals surface area contributed by atoms with E-state index in [1.54, 1.807) is 16.6 Å². The number of benzene rings is 1. The van der Waals surface area contributed by atoms with Crippen LogP contribution < -0.4 is 0 Å². The first kappa shape index (κ1) is 13.6. The fraction of sp³-hybridized carbons (Fsp3) is 0.308. The van der Waals surface area contributed by atoms with Crippen molar-refractivity contribution in [2.75, 3.05) is 12.8 Å². The van der Waals surface area contributed by atoms with Gasteiger partial charge in [0, 0.05) is 19.0 Å². The van der Waals surface area contributed by atoms with Crippen LogP contribution in [0.2, 0.25) is 0 Å². The maximum absolute atomic E-state index is 12.0. The molecule has 1 aromatic carbocycles. The minimum absolute atomic E-state index is 0.0804. The molecule has 0 aliphatic carbocycles. The molecule has 100 valence electrons. The van der Waals surface area contributed by atoms with E-state index in [4.69, 9.17) is 0 Å². The highest BCUT2D eigenvalue weighted by atomic mass is 32.2. The first-order valence-electron chi connectivity index (χ1n) is 5.91. The molecule has 1 heterocycles. The van der Waals surface area contributed by atoms with Gasteiger partial charge in [-0.1, -0.05) is 18.2 Å². The van der Waals surface area contributed by atoms with Crippen molar-refractivity contribution in [3.05, 3.63) is 42.5 Å². The average Bonchev–Trinajstić information content (AvgIpc) is 2.82. The van der Waals surface area contributed by atoms with E-state index in [1.165, 1.54) is 18.1 Å². The van der Waals surface area contributed by atoms with Gasteiger partial charge < -0.3 is 4.90 Å². The standard InChI is InChI=1S/C13H16N4OS/c1-16(8-12-14-10-15-17(12)2)13(18)9-19-11-6-4-3-5-7-11/h3-7,10H,8-9H2,1-2H3. The number of amides is 1. The van der Waals surface area contributed by atoms with Crippen LogP contribution >= 0.6 is 11.8 Å². The van der Waals surface area contributed by atoms with Gasteiger partial charge in [0.15, 0.2) is 0 Å². The third-order valence-electron chi connectivity index (χ3n) is 2.72. The minimum Gasteiger partial charge on any atom is -0.337 e. The summed E-state index contributed by atoms with van der Waals surface area (Å²) in [7, 11) is 3.60. The number of nitrogens with zero attached hydrogens (tertiary/aromatic N) is 4. The molecule has 0 saturated heterocycles. The summed E-state index contributed by atoms with van der Waals surface area (Å²) < 4.78 is 1.67. The highest BCUT2D eigenvalue weighted by molar-refractivity contribution is 8.00. The summed E-state index contributed by atoms with van der Waals surface area (Å²) in [4.78, 5) is 18.9. The largest absolute Gasteiger partial charge is 0.337 e. The zero-order valence-corrected chi connectivity index (χ0v) is 11.8. The third-order valence-corrected chi connectivity index (χ3v) is 3.71. The lowest BCUT2D eigenvalue weighted by atomic mass is 10.4. The van der Waals surface area contributed by atoms with Gasteiger partial charge in [0.05, 0.1) is 12.3 Å². The number of aromatic nitrogens is 3. The molecule has 0 N–H and O–H groups in total. The smallest absolute Gasteiger partial charge is 0.233 e. The predicted octanol–water partition coefficient (Wildman–Crippen LogP) is 1.57. The van der Waals surface area contributed by atoms with E-state index >= 15 is 0 Å². The summed E-state index contributed by atoms with van der Waals surface area (Å²) in [6.45, 7) is 0.477. The zero-order chi connectivity index (χ0) is 13.7. The van der Waals surface area contributed by atoms with Crippen LogP contribution in [0.15, 0.2) is 41.6 Å². The van der Waals surface area contributed by atoms with Crippen molar-refractivity contribution in [3.63, 3.8) is 0 Å². The SMILES string of the molecule is CN(Cc1ncnn1C)C(=O)CSc1ccccc1. The molecule has 0 fully saturated rings. The Kier molecular flexibility index (Phi) is 4.57. The highest BCUT2D eigenvalue weighted by Crippen LogP contribution is 2.17. The van der Waals surface area contributed by atoms with Gasteiger partial charge in [-0.25, -0.2) is 4.98 Å². The maximum Gasteiger partial charge on any atom is 0.233 e. The first-order valence-corrected chi connectivity index (χ1v) is 6.90. The first-order chi connectivity index (χ1) is 9.16. The Balaban J connectivity index is 1.84.